The predicted molar refractivity (Wildman–Crippen MR) is 147 cm³/mol. The number of aromatic nitrogens is 2. The molecule has 0 aliphatic carbocycles. The third-order valence-electron chi connectivity index (χ3n) is 7.54. The number of aryl methyl sites for hydroxylation is 6. The monoisotopic (exact) mass is 507 g/mol. The standard InChI is InChI=1S/C30H45GeN2/c1-18(2)32-26(11)27(12)33(19(3)4)30(32)31(13,28-22(7)14-20(5)15-23(28)8)29-24(9)16-21(6)17-25(29)10/h14-19H,1-13H3/q+1. The van der Waals surface area contributed by atoms with Crippen LogP contribution in [0.3, 0.4) is 0 Å². The third-order valence-corrected chi connectivity index (χ3v) is 17.9. The molecule has 3 rings (SSSR count). The van der Waals surface area contributed by atoms with Crippen LogP contribution in [0.4, 0.5) is 0 Å². The van der Waals surface area contributed by atoms with Crippen molar-refractivity contribution >= 4 is 26.7 Å². The Labute approximate surface area is 205 Å². The van der Waals surface area contributed by atoms with Gasteiger partial charge in [0.1, 0.15) is 0 Å². The van der Waals surface area contributed by atoms with Gasteiger partial charge in [-0.25, -0.2) is 0 Å². The fourth-order valence-electron chi connectivity index (χ4n) is 6.81. The quantitative estimate of drug-likeness (QED) is 0.319. The van der Waals surface area contributed by atoms with Crippen LogP contribution in [-0.2, 0) is 0 Å². The third kappa shape index (κ3) is 4.13. The van der Waals surface area contributed by atoms with Crippen LogP contribution >= 0.6 is 0 Å². The average Bonchev–Trinajstić information content (AvgIpc) is 2.91. The van der Waals surface area contributed by atoms with Crippen molar-refractivity contribution in [2.45, 2.75) is 101 Å². The summed E-state index contributed by atoms with van der Waals surface area (Å²) in [5.74, 6) is 2.67. The van der Waals surface area contributed by atoms with Crippen molar-refractivity contribution in [3.8, 4) is 0 Å². The summed E-state index contributed by atoms with van der Waals surface area (Å²) in [6.07, 6.45) is 0. The molecule has 1 heterocycles. The van der Waals surface area contributed by atoms with Crippen molar-refractivity contribution in [2.75, 3.05) is 0 Å². The Kier molecular flexibility index (Phi) is 7.11. The van der Waals surface area contributed by atoms with E-state index in [2.05, 4.69) is 122 Å². The van der Waals surface area contributed by atoms with Crippen molar-refractivity contribution in [3.63, 3.8) is 0 Å². The molecular weight excluding hydrogens is 461 g/mol. The van der Waals surface area contributed by atoms with Crippen molar-refractivity contribution < 1.29 is 4.57 Å². The molecule has 0 radical (unpaired) electrons. The molecule has 33 heavy (non-hydrogen) atoms. The van der Waals surface area contributed by atoms with Crippen LogP contribution in [0.1, 0.15) is 84.5 Å². The molecular formula is C30H45GeN2+. The molecule has 0 fully saturated rings. The molecule has 0 spiro atoms. The molecule has 0 N–H and O–H groups in total. The number of rotatable bonds is 5. The first-order valence-electron chi connectivity index (χ1n) is 12.5. The van der Waals surface area contributed by atoms with Crippen LogP contribution < -0.4 is 18.0 Å². The van der Waals surface area contributed by atoms with E-state index in [1.54, 1.807) is 13.4 Å². The van der Waals surface area contributed by atoms with Gasteiger partial charge in [0.05, 0.1) is 0 Å². The molecule has 0 aliphatic heterocycles. The van der Waals surface area contributed by atoms with Gasteiger partial charge in [-0.2, -0.15) is 0 Å². The van der Waals surface area contributed by atoms with Gasteiger partial charge in [0.15, 0.2) is 0 Å². The van der Waals surface area contributed by atoms with Crippen LogP contribution in [0, 0.1) is 55.4 Å². The van der Waals surface area contributed by atoms with Crippen LogP contribution in [-0.4, -0.2) is 17.8 Å². The first-order chi connectivity index (χ1) is 15.2. The topological polar surface area (TPSA) is 8.81 Å². The van der Waals surface area contributed by atoms with E-state index in [1.165, 1.54) is 44.8 Å². The molecule has 2 nitrogen and oxygen atoms in total. The van der Waals surface area contributed by atoms with E-state index in [1.807, 2.05) is 0 Å². The summed E-state index contributed by atoms with van der Waals surface area (Å²) in [5, 5.41) is 0. The number of benzene rings is 2. The van der Waals surface area contributed by atoms with Crippen LogP contribution in [0.5, 0.6) is 0 Å². The van der Waals surface area contributed by atoms with Gasteiger partial charge in [-0.3, -0.25) is 0 Å². The molecule has 0 saturated heterocycles. The summed E-state index contributed by atoms with van der Waals surface area (Å²) in [7, 11) is 0. The summed E-state index contributed by atoms with van der Waals surface area (Å²) in [4.78, 5) is 0. The number of nitrogens with zero attached hydrogens (tertiary/aromatic N) is 2. The van der Waals surface area contributed by atoms with E-state index in [4.69, 9.17) is 0 Å². The summed E-state index contributed by atoms with van der Waals surface area (Å²) < 4.78 is 10.2. The zero-order valence-electron chi connectivity index (χ0n) is 23.4. The van der Waals surface area contributed by atoms with Gasteiger partial charge in [-0.05, 0) is 0 Å². The molecule has 0 bridgehead atoms. The Morgan fingerprint density at radius 1 is 0.667 bits per heavy atom. The van der Waals surface area contributed by atoms with Gasteiger partial charge in [0, 0.05) is 0 Å². The minimum absolute atomic E-state index is 0.417. The Morgan fingerprint density at radius 3 is 1.33 bits per heavy atom. The molecule has 178 valence electrons. The maximum absolute atomic E-state index is 3.14. The number of hydrogen-bond donors (Lipinski definition) is 0. The Balaban J connectivity index is 2.67. The number of hydrogen-bond acceptors (Lipinski definition) is 0. The van der Waals surface area contributed by atoms with E-state index >= 15 is 0 Å². The van der Waals surface area contributed by atoms with Crippen molar-refractivity contribution in [2.24, 2.45) is 0 Å². The van der Waals surface area contributed by atoms with Crippen molar-refractivity contribution in [1.29, 1.82) is 0 Å². The molecule has 0 saturated carbocycles. The van der Waals surface area contributed by atoms with E-state index in [-0.39, 0.29) is 0 Å². The fraction of sp³-hybridized carbons (Fsp3) is 0.500. The Hall–Kier alpha value is -1.81. The zero-order valence-corrected chi connectivity index (χ0v) is 25.5. The van der Waals surface area contributed by atoms with E-state index in [0.717, 1.165) is 0 Å². The van der Waals surface area contributed by atoms with Crippen LogP contribution in [0.15, 0.2) is 24.3 Å². The molecule has 2 aromatic carbocycles. The molecule has 0 unspecified atom stereocenters. The second-order valence-electron chi connectivity index (χ2n) is 11.1. The SMILES string of the molecule is Cc1cc(C)[c]([Ge]([CH3])([c]2c(C)cc(C)cc2C)[c]2n(C(C)C)c(C)c(C)[n+]2C(C)C)c(C)c1. The van der Waals surface area contributed by atoms with Crippen molar-refractivity contribution in [1.82, 2.24) is 4.57 Å². The Morgan fingerprint density at radius 2 is 1.03 bits per heavy atom. The average molecular weight is 506 g/mol. The molecule has 0 atom stereocenters. The first-order valence-corrected chi connectivity index (χ1v) is 17.8. The molecule has 0 amide bonds. The van der Waals surface area contributed by atoms with Gasteiger partial charge in [-0.1, -0.05) is 0 Å². The van der Waals surface area contributed by atoms with E-state index in [9.17, 15) is 0 Å². The molecule has 3 aromatic rings. The first kappa shape index (κ1) is 25.8. The maximum atomic E-state index is 2.69. The van der Waals surface area contributed by atoms with Crippen LogP contribution in [0.2, 0.25) is 5.76 Å². The summed E-state index contributed by atoms with van der Waals surface area (Å²) in [6.45, 7) is 27.9. The van der Waals surface area contributed by atoms with Gasteiger partial charge in [0.2, 0.25) is 0 Å². The molecule has 1 aromatic heterocycles. The minimum atomic E-state index is -3.14. The Bertz CT molecular complexity index is 1080. The van der Waals surface area contributed by atoms with Gasteiger partial charge in [-0.15, -0.1) is 0 Å². The normalized spacial score (nSPS) is 12.3. The zero-order chi connectivity index (χ0) is 25.0. The molecule has 0 aliphatic rings. The fourth-order valence-corrected chi connectivity index (χ4v) is 19.3. The van der Waals surface area contributed by atoms with Gasteiger partial charge >= 0.3 is 206 Å². The summed E-state index contributed by atoms with van der Waals surface area (Å²) in [6, 6.07) is 10.5. The summed E-state index contributed by atoms with van der Waals surface area (Å²) >= 11 is -3.14. The number of imidazole rings is 1. The van der Waals surface area contributed by atoms with Crippen molar-refractivity contribution in [3.05, 3.63) is 69.0 Å². The van der Waals surface area contributed by atoms with E-state index < -0.39 is 13.3 Å². The predicted octanol–water partition coefficient (Wildman–Crippen LogP) is 5.50. The molecule has 3 heteroatoms. The van der Waals surface area contributed by atoms with E-state index in [0.29, 0.717) is 12.1 Å². The van der Waals surface area contributed by atoms with Crippen LogP contribution in [0.25, 0.3) is 0 Å². The van der Waals surface area contributed by atoms with Gasteiger partial charge in [0.25, 0.3) is 0 Å². The second kappa shape index (κ2) is 9.09. The summed E-state index contributed by atoms with van der Waals surface area (Å²) in [5.41, 5.74) is 11.4. The van der Waals surface area contributed by atoms with Gasteiger partial charge < -0.3 is 0 Å². The second-order valence-corrected chi connectivity index (χ2v) is 18.9.